The third-order valence-electron chi connectivity index (χ3n) is 2.99. The summed E-state index contributed by atoms with van der Waals surface area (Å²) in [5.74, 6) is -1.15. The zero-order valence-electron chi connectivity index (χ0n) is 9.73. The fourth-order valence-electron chi connectivity index (χ4n) is 2.02. The van der Waals surface area contributed by atoms with Crippen molar-refractivity contribution in [2.45, 2.75) is 18.9 Å². The Hall–Kier alpha value is -1.95. The van der Waals surface area contributed by atoms with Gasteiger partial charge in [0.25, 0.3) is 0 Å². The summed E-state index contributed by atoms with van der Waals surface area (Å²) in [5, 5.41) is 0. The lowest BCUT2D eigenvalue weighted by molar-refractivity contribution is -0.120. The normalized spacial score (nSPS) is 16.3. The molecule has 0 aromatic heterocycles. The first-order chi connectivity index (χ1) is 8.49. The second-order valence-electron chi connectivity index (χ2n) is 4.29. The maximum Gasteiger partial charge on any atom is 0.236 e. The Balaban J connectivity index is 2.30. The molecule has 4 N–H and O–H groups in total. The Bertz CT molecular complexity index is 504. The quantitative estimate of drug-likeness (QED) is 0.787. The highest BCUT2D eigenvalue weighted by Gasteiger charge is 2.27. The van der Waals surface area contributed by atoms with Crippen LogP contribution < -0.4 is 16.4 Å². The second kappa shape index (κ2) is 4.73. The Kier molecular flexibility index (Phi) is 3.29. The molecule has 1 aliphatic rings. The summed E-state index contributed by atoms with van der Waals surface area (Å²) in [4.78, 5) is 24.2. The Morgan fingerprint density at radius 1 is 1.44 bits per heavy atom. The van der Waals surface area contributed by atoms with Crippen molar-refractivity contribution in [3.8, 4) is 0 Å². The van der Waals surface area contributed by atoms with Gasteiger partial charge in [0, 0.05) is 12.1 Å². The van der Waals surface area contributed by atoms with Gasteiger partial charge in [-0.3, -0.25) is 9.59 Å². The molecule has 0 fully saturated rings. The predicted molar refractivity (Wildman–Crippen MR) is 64.2 cm³/mol. The van der Waals surface area contributed by atoms with Crippen LogP contribution in [0.25, 0.3) is 0 Å². The van der Waals surface area contributed by atoms with Crippen molar-refractivity contribution in [3.05, 3.63) is 29.6 Å². The van der Waals surface area contributed by atoms with E-state index in [1.165, 1.54) is 23.1 Å². The number of amides is 2. The molecule has 5 nitrogen and oxygen atoms in total. The van der Waals surface area contributed by atoms with Crippen molar-refractivity contribution in [1.82, 2.24) is 0 Å². The maximum absolute atomic E-state index is 13.1. The monoisotopic (exact) mass is 251 g/mol. The van der Waals surface area contributed by atoms with Crippen LogP contribution in [0.15, 0.2) is 18.2 Å². The van der Waals surface area contributed by atoms with E-state index in [0.29, 0.717) is 12.1 Å². The highest BCUT2D eigenvalue weighted by Crippen LogP contribution is 2.28. The van der Waals surface area contributed by atoms with Gasteiger partial charge in [-0.05, 0) is 30.2 Å². The van der Waals surface area contributed by atoms with E-state index in [2.05, 4.69) is 0 Å². The van der Waals surface area contributed by atoms with E-state index in [0.717, 1.165) is 5.56 Å². The first kappa shape index (κ1) is 12.5. The van der Waals surface area contributed by atoms with E-state index in [4.69, 9.17) is 11.5 Å². The molecule has 1 unspecified atom stereocenters. The first-order valence-electron chi connectivity index (χ1n) is 5.62. The average molecular weight is 251 g/mol. The lowest BCUT2D eigenvalue weighted by Crippen LogP contribution is -2.49. The van der Waals surface area contributed by atoms with E-state index in [1.807, 2.05) is 0 Å². The smallest absolute Gasteiger partial charge is 0.236 e. The Morgan fingerprint density at radius 3 is 2.83 bits per heavy atom. The second-order valence-corrected chi connectivity index (χ2v) is 4.29. The minimum Gasteiger partial charge on any atom is -0.368 e. The maximum atomic E-state index is 13.1. The highest BCUT2D eigenvalue weighted by atomic mass is 19.1. The van der Waals surface area contributed by atoms with E-state index in [9.17, 15) is 14.0 Å². The number of nitrogens with two attached hydrogens (primary N) is 2. The SMILES string of the molecule is NC(=O)C(N)CN1C(=O)CCc2cc(F)ccc21. The summed E-state index contributed by atoms with van der Waals surface area (Å²) in [5.41, 5.74) is 12.0. The lowest BCUT2D eigenvalue weighted by atomic mass is 10.0. The molecule has 2 rings (SSSR count). The van der Waals surface area contributed by atoms with Gasteiger partial charge >= 0.3 is 0 Å². The summed E-state index contributed by atoms with van der Waals surface area (Å²) < 4.78 is 13.1. The lowest BCUT2D eigenvalue weighted by Gasteiger charge is -2.30. The van der Waals surface area contributed by atoms with Gasteiger partial charge in [-0.25, -0.2) is 4.39 Å². The van der Waals surface area contributed by atoms with Crippen LogP contribution in [-0.4, -0.2) is 24.4 Å². The topological polar surface area (TPSA) is 89.4 Å². The molecule has 0 saturated carbocycles. The van der Waals surface area contributed by atoms with Crippen LogP contribution >= 0.6 is 0 Å². The van der Waals surface area contributed by atoms with Crippen LogP contribution in [0.3, 0.4) is 0 Å². The molecule has 0 radical (unpaired) electrons. The molecular weight excluding hydrogens is 237 g/mol. The van der Waals surface area contributed by atoms with Gasteiger partial charge in [-0.15, -0.1) is 0 Å². The molecule has 1 heterocycles. The number of fused-ring (bicyclic) bond motifs is 1. The molecule has 1 atom stereocenters. The van der Waals surface area contributed by atoms with Crippen molar-refractivity contribution in [1.29, 1.82) is 0 Å². The fourth-order valence-corrected chi connectivity index (χ4v) is 2.02. The van der Waals surface area contributed by atoms with E-state index in [-0.39, 0.29) is 24.7 Å². The number of primary amides is 1. The summed E-state index contributed by atoms with van der Waals surface area (Å²) >= 11 is 0. The number of benzene rings is 1. The van der Waals surface area contributed by atoms with Crippen LogP contribution in [0.4, 0.5) is 10.1 Å². The molecule has 0 bridgehead atoms. The van der Waals surface area contributed by atoms with Crippen molar-refractivity contribution in [2.24, 2.45) is 11.5 Å². The van der Waals surface area contributed by atoms with Gasteiger partial charge in [-0.1, -0.05) is 0 Å². The number of rotatable bonds is 3. The molecule has 6 heteroatoms. The zero-order chi connectivity index (χ0) is 13.3. The number of hydrogen-bond acceptors (Lipinski definition) is 3. The van der Waals surface area contributed by atoms with Gasteiger partial charge in [0.05, 0.1) is 6.54 Å². The highest BCUT2D eigenvalue weighted by molar-refractivity contribution is 5.97. The molecule has 0 aliphatic carbocycles. The van der Waals surface area contributed by atoms with E-state index < -0.39 is 11.9 Å². The van der Waals surface area contributed by atoms with Crippen molar-refractivity contribution in [2.75, 3.05) is 11.4 Å². The summed E-state index contributed by atoms with van der Waals surface area (Å²) in [6.45, 7) is 0.0206. The third-order valence-corrected chi connectivity index (χ3v) is 2.99. The molecule has 2 amide bonds. The standard InChI is InChI=1S/C12H14FN3O2/c13-8-2-3-10-7(5-8)1-4-11(17)16(10)6-9(14)12(15)18/h2-3,5,9H,1,4,6,14H2,(H2,15,18). The number of carbonyl (C=O) groups excluding carboxylic acids is 2. The van der Waals surface area contributed by atoms with Crippen LogP contribution in [0.2, 0.25) is 0 Å². The van der Waals surface area contributed by atoms with Gasteiger partial charge in [0.2, 0.25) is 11.8 Å². The number of hydrogen-bond donors (Lipinski definition) is 2. The zero-order valence-corrected chi connectivity index (χ0v) is 9.73. The Labute approximate surface area is 104 Å². The van der Waals surface area contributed by atoms with E-state index in [1.54, 1.807) is 0 Å². The predicted octanol–water partition coefficient (Wildman–Crippen LogP) is -0.0825. The molecular formula is C12H14FN3O2. The fraction of sp³-hybridized carbons (Fsp3) is 0.333. The number of carbonyl (C=O) groups is 2. The number of halogens is 1. The first-order valence-corrected chi connectivity index (χ1v) is 5.62. The van der Waals surface area contributed by atoms with Crippen LogP contribution in [0.1, 0.15) is 12.0 Å². The largest absolute Gasteiger partial charge is 0.368 e. The summed E-state index contributed by atoms with van der Waals surface area (Å²) in [6, 6.07) is 3.27. The number of nitrogens with zero attached hydrogens (tertiary/aromatic N) is 1. The van der Waals surface area contributed by atoms with Gasteiger partial charge in [0.1, 0.15) is 11.9 Å². The molecule has 0 spiro atoms. The van der Waals surface area contributed by atoms with Crippen LogP contribution in [0, 0.1) is 5.82 Å². The Morgan fingerprint density at radius 2 is 2.17 bits per heavy atom. The van der Waals surface area contributed by atoms with E-state index >= 15 is 0 Å². The number of anilines is 1. The average Bonchev–Trinajstić information content (AvgIpc) is 2.32. The van der Waals surface area contributed by atoms with Crippen molar-refractivity contribution < 1.29 is 14.0 Å². The van der Waals surface area contributed by atoms with Gasteiger partial charge in [0.15, 0.2) is 0 Å². The minimum absolute atomic E-state index is 0.0206. The molecule has 1 aliphatic heterocycles. The third kappa shape index (κ3) is 2.33. The van der Waals surface area contributed by atoms with Crippen molar-refractivity contribution in [3.63, 3.8) is 0 Å². The van der Waals surface area contributed by atoms with Gasteiger partial charge in [-0.2, -0.15) is 0 Å². The van der Waals surface area contributed by atoms with Gasteiger partial charge < -0.3 is 16.4 Å². The van der Waals surface area contributed by atoms with Crippen molar-refractivity contribution >= 4 is 17.5 Å². The molecule has 1 aromatic carbocycles. The summed E-state index contributed by atoms with van der Waals surface area (Å²) in [7, 11) is 0. The number of aryl methyl sites for hydroxylation is 1. The van der Waals surface area contributed by atoms with Crippen LogP contribution in [-0.2, 0) is 16.0 Å². The molecule has 18 heavy (non-hydrogen) atoms. The molecule has 1 aromatic rings. The molecule has 96 valence electrons. The summed E-state index contributed by atoms with van der Waals surface area (Å²) in [6.07, 6.45) is 0.774. The van der Waals surface area contributed by atoms with Crippen LogP contribution in [0.5, 0.6) is 0 Å². The molecule has 0 saturated heterocycles. The minimum atomic E-state index is -0.926.